The molecular formula is C20H21N3O5. The maximum Gasteiger partial charge on any atom is 0.358 e. The number of nitrogens with one attached hydrogen (secondary N) is 1. The molecule has 0 saturated carbocycles. The van der Waals surface area contributed by atoms with E-state index in [1.54, 1.807) is 19.2 Å². The summed E-state index contributed by atoms with van der Waals surface area (Å²) in [5.74, 6) is 0.263. The van der Waals surface area contributed by atoms with Crippen LogP contribution in [0.25, 0.3) is 0 Å². The number of hydrogen-bond acceptors (Lipinski definition) is 6. The average Bonchev–Trinajstić information content (AvgIpc) is 3.29. The molecule has 0 aliphatic carbocycles. The number of amides is 1. The maximum absolute atomic E-state index is 12.4. The summed E-state index contributed by atoms with van der Waals surface area (Å²) in [6.07, 6.45) is 1.37. The van der Waals surface area contributed by atoms with E-state index in [1.165, 1.54) is 18.0 Å². The number of carbonyl (C=O) groups is 2. The number of ether oxygens (including phenoxy) is 2. The molecular weight excluding hydrogens is 362 g/mol. The van der Waals surface area contributed by atoms with Gasteiger partial charge in [0.1, 0.15) is 18.1 Å². The summed E-state index contributed by atoms with van der Waals surface area (Å²) in [5, 5.41) is 6.58. The average molecular weight is 383 g/mol. The van der Waals surface area contributed by atoms with Gasteiger partial charge in [-0.3, -0.25) is 9.48 Å². The van der Waals surface area contributed by atoms with Gasteiger partial charge in [0.25, 0.3) is 5.91 Å². The molecule has 0 aliphatic heterocycles. The summed E-state index contributed by atoms with van der Waals surface area (Å²) in [6, 6.07) is 9.16. The highest BCUT2D eigenvalue weighted by molar-refractivity contribution is 6.06. The van der Waals surface area contributed by atoms with Crippen LogP contribution < -0.4 is 10.1 Å². The third kappa shape index (κ3) is 4.06. The summed E-state index contributed by atoms with van der Waals surface area (Å²) in [6.45, 7) is 4.14. The van der Waals surface area contributed by atoms with Crippen LogP contribution in [0.2, 0.25) is 0 Å². The number of aromatic nitrogens is 2. The predicted octanol–water partition coefficient (Wildman–Crippen LogP) is 3.25. The highest BCUT2D eigenvalue weighted by Crippen LogP contribution is 2.22. The fourth-order valence-corrected chi connectivity index (χ4v) is 2.64. The molecule has 146 valence electrons. The molecule has 1 aromatic carbocycles. The second-order valence-electron chi connectivity index (χ2n) is 6.30. The van der Waals surface area contributed by atoms with E-state index in [2.05, 4.69) is 10.4 Å². The maximum atomic E-state index is 12.4. The molecule has 0 unspecified atom stereocenters. The molecule has 0 fully saturated rings. The van der Waals surface area contributed by atoms with Crippen LogP contribution in [-0.4, -0.2) is 28.8 Å². The summed E-state index contributed by atoms with van der Waals surface area (Å²) >= 11 is 0. The second kappa shape index (κ2) is 7.99. The van der Waals surface area contributed by atoms with Crippen molar-refractivity contribution in [3.8, 4) is 5.75 Å². The van der Waals surface area contributed by atoms with Gasteiger partial charge in [0.15, 0.2) is 11.5 Å². The number of furan rings is 1. The van der Waals surface area contributed by atoms with E-state index in [1.807, 2.05) is 32.0 Å². The minimum Gasteiger partial charge on any atom is -0.485 e. The standard InChI is InChI=1S/C20H21N3O5/c1-12-5-6-13(2)17(9-12)27-11-14-7-8-16(28-14)19(24)22-15-10-21-23(3)18(15)20(25)26-4/h5-10H,11H2,1-4H3,(H,22,24). The number of methoxy groups -OCH3 is 1. The lowest BCUT2D eigenvalue weighted by Crippen LogP contribution is -2.16. The number of esters is 1. The Balaban J connectivity index is 1.68. The number of benzene rings is 1. The zero-order chi connectivity index (χ0) is 20.3. The van der Waals surface area contributed by atoms with E-state index < -0.39 is 11.9 Å². The number of carbonyl (C=O) groups excluding carboxylic acids is 2. The van der Waals surface area contributed by atoms with Crippen LogP contribution >= 0.6 is 0 Å². The molecule has 0 saturated heterocycles. The molecule has 1 amide bonds. The van der Waals surface area contributed by atoms with Crippen LogP contribution in [0.15, 0.2) is 40.9 Å². The van der Waals surface area contributed by atoms with Crippen molar-refractivity contribution in [1.29, 1.82) is 0 Å². The van der Waals surface area contributed by atoms with Crippen molar-refractivity contribution in [2.24, 2.45) is 7.05 Å². The van der Waals surface area contributed by atoms with Gasteiger partial charge < -0.3 is 19.2 Å². The topological polar surface area (TPSA) is 95.6 Å². The molecule has 0 spiro atoms. The molecule has 2 aromatic heterocycles. The number of aryl methyl sites for hydroxylation is 3. The summed E-state index contributed by atoms with van der Waals surface area (Å²) in [4.78, 5) is 24.3. The Morgan fingerprint density at radius 3 is 2.75 bits per heavy atom. The minimum atomic E-state index is -0.600. The Bertz CT molecular complexity index is 1020. The first-order valence-electron chi connectivity index (χ1n) is 8.59. The molecule has 0 atom stereocenters. The highest BCUT2D eigenvalue weighted by atomic mass is 16.5. The summed E-state index contributed by atoms with van der Waals surface area (Å²) in [5.41, 5.74) is 2.49. The Morgan fingerprint density at radius 1 is 1.21 bits per heavy atom. The van der Waals surface area contributed by atoms with Gasteiger partial charge in [0, 0.05) is 7.05 Å². The first-order chi connectivity index (χ1) is 13.4. The zero-order valence-electron chi connectivity index (χ0n) is 16.1. The van der Waals surface area contributed by atoms with E-state index >= 15 is 0 Å². The molecule has 3 rings (SSSR count). The monoisotopic (exact) mass is 383 g/mol. The molecule has 2 heterocycles. The van der Waals surface area contributed by atoms with Gasteiger partial charge in [0.2, 0.25) is 0 Å². The van der Waals surface area contributed by atoms with Crippen molar-refractivity contribution in [3.05, 3.63) is 64.9 Å². The molecule has 3 aromatic rings. The van der Waals surface area contributed by atoms with Crippen molar-refractivity contribution in [3.63, 3.8) is 0 Å². The lowest BCUT2D eigenvalue weighted by atomic mass is 10.1. The van der Waals surface area contributed by atoms with Crippen LogP contribution in [0.3, 0.4) is 0 Å². The molecule has 28 heavy (non-hydrogen) atoms. The second-order valence-corrected chi connectivity index (χ2v) is 6.30. The molecule has 8 nitrogen and oxygen atoms in total. The van der Waals surface area contributed by atoms with Gasteiger partial charge in [-0.2, -0.15) is 5.10 Å². The number of anilines is 1. The van der Waals surface area contributed by atoms with Gasteiger partial charge >= 0.3 is 5.97 Å². The summed E-state index contributed by atoms with van der Waals surface area (Å²) < 4.78 is 17.4. The first kappa shape index (κ1) is 19.2. The number of hydrogen-bond donors (Lipinski definition) is 1. The zero-order valence-corrected chi connectivity index (χ0v) is 16.1. The minimum absolute atomic E-state index is 0.0965. The Morgan fingerprint density at radius 2 is 2.00 bits per heavy atom. The van der Waals surface area contributed by atoms with E-state index in [0.29, 0.717) is 5.76 Å². The van der Waals surface area contributed by atoms with Crippen molar-refractivity contribution in [2.75, 3.05) is 12.4 Å². The van der Waals surface area contributed by atoms with Crippen LogP contribution in [-0.2, 0) is 18.4 Å². The SMILES string of the molecule is COC(=O)c1c(NC(=O)c2ccc(COc3cc(C)ccc3C)o2)cnn1C. The molecule has 0 radical (unpaired) electrons. The predicted molar refractivity (Wildman–Crippen MR) is 101 cm³/mol. The van der Waals surface area contributed by atoms with E-state index in [9.17, 15) is 9.59 Å². The molecule has 8 heteroatoms. The largest absolute Gasteiger partial charge is 0.485 e. The lowest BCUT2D eigenvalue weighted by Gasteiger charge is -2.08. The van der Waals surface area contributed by atoms with Gasteiger partial charge in [0.05, 0.1) is 19.0 Å². The lowest BCUT2D eigenvalue weighted by molar-refractivity contribution is 0.0589. The van der Waals surface area contributed by atoms with Gasteiger partial charge in [-0.15, -0.1) is 0 Å². The third-order valence-electron chi connectivity index (χ3n) is 4.16. The fourth-order valence-electron chi connectivity index (χ4n) is 2.64. The van der Waals surface area contributed by atoms with Crippen LogP contribution in [0.1, 0.15) is 37.9 Å². The van der Waals surface area contributed by atoms with Gasteiger partial charge in [-0.1, -0.05) is 12.1 Å². The van der Waals surface area contributed by atoms with Crippen molar-refractivity contribution in [2.45, 2.75) is 20.5 Å². The Hall–Kier alpha value is -3.55. The van der Waals surface area contributed by atoms with E-state index in [-0.39, 0.29) is 23.7 Å². The fraction of sp³-hybridized carbons (Fsp3) is 0.250. The first-order valence-corrected chi connectivity index (χ1v) is 8.59. The van der Waals surface area contributed by atoms with E-state index in [0.717, 1.165) is 16.9 Å². The Labute approximate surface area is 162 Å². The number of rotatable bonds is 6. The molecule has 1 N–H and O–H groups in total. The van der Waals surface area contributed by atoms with Crippen molar-refractivity contribution in [1.82, 2.24) is 9.78 Å². The van der Waals surface area contributed by atoms with Gasteiger partial charge in [-0.05, 0) is 43.2 Å². The Kier molecular flexibility index (Phi) is 5.49. The van der Waals surface area contributed by atoms with Gasteiger partial charge in [-0.25, -0.2) is 4.79 Å². The normalized spacial score (nSPS) is 10.6. The van der Waals surface area contributed by atoms with Crippen LogP contribution in [0.4, 0.5) is 5.69 Å². The molecule has 0 bridgehead atoms. The van der Waals surface area contributed by atoms with Crippen LogP contribution in [0.5, 0.6) is 5.75 Å². The van der Waals surface area contributed by atoms with Crippen LogP contribution in [0, 0.1) is 13.8 Å². The van der Waals surface area contributed by atoms with E-state index in [4.69, 9.17) is 13.9 Å². The highest BCUT2D eigenvalue weighted by Gasteiger charge is 2.21. The number of nitrogens with zero attached hydrogens (tertiary/aromatic N) is 2. The van der Waals surface area contributed by atoms with Crippen molar-refractivity contribution >= 4 is 17.6 Å². The van der Waals surface area contributed by atoms with Crippen molar-refractivity contribution < 1.29 is 23.5 Å². The summed E-state index contributed by atoms with van der Waals surface area (Å²) in [7, 11) is 2.84. The smallest absolute Gasteiger partial charge is 0.358 e. The molecule has 0 aliphatic rings. The third-order valence-corrected chi connectivity index (χ3v) is 4.16. The quantitative estimate of drug-likeness (QED) is 0.657.